The largest absolute Gasteiger partial charge is 0.416 e. The van der Waals surface area contributed by atoms with Crippen LogP contribution in [0.5, 0.6) is 0 Å². The molecule has 0 spiro atoms. The lowest BCUT2D eigenvalue weighted by Gasteiger charge is -2.30. The molecule has 3 aromatic carbocycles. The molecule has 4 aromatic rings. The zero-order valence-corrected chi connectivity index (χ0v) is 21.9. The molecule has 0 bridgehead atoms. The number of benzene rings is 3. The fraction of sp³-hybridized carbons (Fsp3) is 0.241. The SMILES string of the molecule is CO/N=C(\C)CN(C(=O)Cc1ccc(C(F)(F)F)cc1)C(C)c1nc2ccccc2c(=O)n1-c1ccc(F)cc1. The van der Waals surface area contributed by atoms with Crippen LogP contribution in [0.15, 0.2) is 82.7 Å². The zero-order valence-electron chi connectivity index (χ0n) is 21.9. The highest BCUT2D eigenvalue weighted by Crippen LogP contribution is 2.29. The predicted molar refractivity (Wildman–Crippen MR) is 143 cm³/mol. The van der Waals surface area contributed by atoms with Crippen molar-refractivity contribution in [2.45, 2.75) is 32.5 Å². The predicted octanol–water partition coefficient (Wildman–Crippen LogP) is 5.70. The second kappa shape index (κ2) is 11.7. The molecule has 1 heterocycles. The quantitative estimate of drug-likeness (QED) is 0.159. The van der Waals surface area contributed by atoms with Crippen LogP contribution in [-0.4, -0.2) is 39.7 Å². The summed E-state index contributed by atoms with van der Waals surface area (Å²) in [5.41, 5.74) is 0.344. The number of amides is 1. The molecule has 7 nitrogen and oxygen atoms in total. The molecule has 0 radical (unpaired) electrons. The normalized spacial score (nSPS) is 12.8. The van der Waals surface area contributed by atoms with Crippen molar-refractivity contribution in [1.82, 2.24) is 14.5 Å². The highest BCUT2D eigenvalue weighted by Gasteiger charge is 2.31. The van der Waals surface area contributed by atoms with Gasteiger partial charge in [-0.3, -0.25) is 14.2 Å². The van der Waals surface area contributed by atoms with Crippen molar-refractivity contribution in [3.8, 4) is 5.69 Å². The number of oxime groups is 1. The monoisotopic (exact) mass is 554 g/mol. The third-order valence-corrected chi connectivity index (χ3v) is 6.33. The lowest BCUT2D eigenvalue weighted by atomic mass is 10.1. The highest BCUT2D eigenvalue weighted by molar-refractivity contribution is 5.89. The molecule has 0 saturated heterocycles. The maximum absolute atomic E-state index is 13.7. The van der Waals surface area contributed by atoms with Crippen LogP contribution in [0, 0.1) is 5.82 Å². The summed E-state index contributed by atoms with van der Waals surface area (Å²) in [5.74, 6) is -0.716. The second-order valence-electron chi connectivity index (χ2n) is 9.18. The van der Waals surface area contributed by atoms with Crippen molar-refractivity contribution in [2.75, 3.05) is 13.7 Å². The van der Waals surface area contributed by atoms with Gasteiger partial charge in [-0.2, -0.15) is 13.2 Å². The maximum atomic E-state index is 13.7. The first-order valence-corrected chi connectivity index (χ1v) is 12.3. The number of para-hydroxylation sites is 1. The van der Waals surface area contributed by atoms with Gasteiger partial charge in [0.15, 0.2) is 0 Å². The fourth-order valence-electron chi connectivity index (χ4n) is 4.37. The lowest BCUT2D eigenvalue weighted by molar-refractivity contribution is -0.137. The third-order valence-electron chi connectivity index (χ3n) is 6.33. The first kappa shape index (κ1) is 28.5. The first-order valence-electron chi connectivity index (χ1n) is 12.3. The number of hydrogen-bond acceptors (Lipinski definition) is 5. The summed E-state index contributed by atoms with van der Waals surface area (Å²) in [5, 5.41) is 4.23. The van der Waals surface area contributed by atoms with E-state index in [2.05, 4.69) is 5.16 Å². The standard InChI is InChI=1S/C29H26F4N4O3/c1-18(35-40-3)17-36(26(38)16-20-8-10-21(11-9-20)29(31,32)33)19(2)27-34-25-7-5-4-6-24(25)28(39)37(27)23-14-12-22(30)13-15-23/h4-15,19H,16-17H2,1-3H3/b35-18+. The molecule has 1 atom stereocenters. The molecule has 0 fully saturated rings. The van der Waals surface area contributed by atoms with E-state index in [0.29, 0.717) is 27.9 Å². The number of rotatable bonds is 8. The summed E-state index contributed by atoms with van der Waals surface area (Å²) in [6.07, 6.45) is -4.71. The Balaban J connectivity index is 1.80. The van der Waals surface area contributed by atoms with Crippen molar-refractivity contribution >= 4 is 22.5 Å². The summed E-state index contributed by atoms with van der Waals surface area (Å²) in [6, 6.07) is 15.6. The summed E-state index contributed by atoms with van der Waals surface area (Å²) in [7, 11) is 1.36. The minimum Gasteiger partial charge on any atom is -0.399 e. The average molecular weight is 555 g/mol. The molecule has 0 aliphatic carbocycles. The van der Waals surface area contributed by atoms with E-state index in [9.17, 15) is 27.2 Å². The van der Waals surface area contributed by atoms with Gasteiger partial charge in [-0.1, -0.05) is 29.4 Å². The van der Waals surface area contributed by atoms with Crippen LogP contribution >= 0.6 is 0 Å². The topological polar surface area (TPSA) is 76.8 Å². The molecule has 0 N–H and O–H groups in total. The van der Waals surface area contributed by atoms with Gasteiger partial charge in [0.2, 0.25) is 5.91 Å². The number of carbonyl (C=O) groups is 1. The van der Waals surface area contributed by atoms with Gasteiger partial charge in [0, 0.05) is 0 Å². The van der Waals surface area contributed by atoms with Gasteiger partial charge in [-0.25, -0.2) is 9.37 Å². The zero-order chi connectivity index (χ0) is 29.0. The number of fused-ring (bicyclic) bond motifs is 1. The Morgan fingerprint density at radius 1 is 1.05 bits per heavy atom. The van der Waals surface area contributed by atoms with Crippen molar-refractivity contribution in [2.24, 2.45) is 5.16 Å². The average Bonchev–Trinajstić information content (AvgIpc) is 2.92. The van der Waals surface area contributed by atoms with E-state index in [1.165, 1.54) is 53.0 Å². The van der Waals surface area contributed by atoms with E-state index in [-0.39, 0.29) is 18.8 Å². The third kappa shape index (κ3) is 6.19. The molecule has 208 valence electrons. The molecule has 1 aromatic heterocycles. The number of alkyl halides is 3. The highest BCUT2D eigenvalue weighted by atomic mass is 19.4. The Hall–Kier alpha value is -4.54. The van der Waals surface area contributed by atoms with E-state index in [1.807, 2.05) is 0 Å². The number of halogens is 4. The van der Waals surface area contributed by atoms with Gasteiger partial charge < -0.3 is 9.74 Å². The molecular formula is C29H26F4N4O3. The lowest BCUT2D eigenvalue weighted by Crippen LogP contribution is -2.40. The van der Waals surface area contributed by atoms with Gasteiger partial charge in [-0.15, -0.1) is 0 Å². The molecule has 1 amide bonds. The van der Waals surface area contributed by atoms with Crippen molar-refractivity contribution in [3.63, 3.8) is 0 Å². The van der Waals surface area contributed by atoms with Gasteiger partial charge in [-0.05, 0) is 67.9 Å². The summed E-state index contributed by atoms with van der Waals surface area (Å²) >= 11 is 0. The van der Waals surface area contributed by atoms with Crippen LogP contribution in [0.25, 0.3) is 16.6 Å². The van der Waals surface area contributed by atoms with Crippen LogP contribution in [0.1, 0.15) is 36.8 Å². The van der Waals surface area contributed by atoms with Gasteiger partial charge in [0.05, 0.1) is 46.9 Å². The molecule has 0 saturated carbocycles. The van der Waals surface area contributed by atoms with E-state index < -0.39 is 35.1 Å². The molecule has 4 rings (SSSR count). The van der Waals surface area contributed by atoms with Crippen LogP contribution in [-0.2, 0) is 22.2 Å². The Kier molecular flexibility index (Phi) is 8.32. The smallest absolute Gasteiger partial charge is 0.399 e. The minimum atomic E-state index is -4.50. The first-order chi connectivity index (χ1) is 19.0. The van der Waals surface area contributed by atoms with E-state index >= 15 is 0 Å². The molecule has 1 unspecified atom stereocenters. The maximum Gasteiger partial charge on any atom is 0.416 e. The van der Waals surface area contributed by atoms with Crippen LogP contribution in [0.3, 0.4) is 0 Å². The molecule has 40 heavy (non-hydrogen) atoms. The Morgan fingerprint density at radius 2 is 1.70 bits per heavy atom. The van der Waals surface area contributed by atoms with E-state index in [0.717, 1.165) is 12.1 Å². The Labute approximate surface area is 227 Å². The van der Waals surface area contributed by atoms with Crippen LogP contribution in [0.4, 0.5) is 17.6 Å². The van der Waals surface area contributed by atoms with E-state index in [4.69, 9.17) is 9.82 Å². The number of hydrogen-bond donors (Lipinski definition) is 0. The van der Waals surface area contributed by atoms with E-state index in [1.54, 1.807) is 38.1 Å². The molecule has 11 heteroatoms. The number of carbonyl (C=O) groups excluding carboxylic acids is 1. The van der Waals surface area contributed by atoms with Gasteiger partial charge in [0.25, 0.3) is 5.56 Å². The Morgan fingerprint density at radius 3 is 2.33 bits per heavy atom. The molecule has 0 aliphatic rings. The van der Waals surface area contributed by atoms with Gasteiger partial charge in [0.1, 0.15) is 18.8 Å². The summed E-state index contributed by atoms with van der Waals surface area (Å²) in [6.45, 7) is 3.32. The van der Waals surface area contributed by atoms with Crippen molar-refractivity contribution < 1.29 is 27.2 Å². The van der Waals surface area contributed by atoms with Crippen LogP contribution in [0.2, 0.25) is 0 Å². The second-order valence-corrected chi connectivity index (χ2v) is 9.18. The molecule has 0 aliphatic heterocycles. The number of aromatic nitrogens is 2. The summed E-state index contributed by atoms with van der Waals surface area (Å²) in [4.78, 5) is 38.3. The molecular weight excluding hydrogens is 528 g/mol. The minimum absolute atomic E-state index is 0.0133. The summed E-state index contributed by atoms with van der Waals surface area (Å²) < 4.78 is 54.1. The number of nitrogens with zero attached hydrogens (tertiary/aromatic N) is 4. The fourth-order valence-corrected chi connectivity index (χ4v) is 4.37. The van der Waals surface area contributed by atoms with Gasteiger partial charge >= 0.3 is 6.18 Å². The van der Waals surface area contributed by atoms with Crippen molar-refractivity contribution in [1.29, 1.82) is 0 Å². The van der Waals surface area contributed by atoms with Crippen molar-refractivity contribution in [3.05, 3.63) is 106 Å². The van der Waals surface area contributed by atoms with Crippen LogP contribution < -0.4 is 5.56 Å². The Bertz CT molecular complexity index is 1600.